The molecule has 0 fully saturated rings. The van der Waals surface area contributed by atoms with Crippen molar-refractivity contribution < 1.29 is 13.9 Å². The Kier molecular flexibility index (Phi) is 3.61. The molecule has 18 heavy (non-hydrogen) atoms. The highest BCUT2D eigenvalue weighted by Gasteiger charge is 2.09. The van der Waals surface area contributed by atoms with Gasteiger partial charge in [0.15, 0.2) is 11.6 Å². The van der Waals surface area contributed by atoms with E-state index < -0.39 is 5.82 Å². The molecule has 0 aliphatic carbocycles. The Morgan fingerprint density at radius 1 is 1.22 bits per heavy atom. The minimum atomic E-state index is -0.513. The molecule has 5 nitrogen and oxygen atoms in total. The van der Waals surface area contributed by atoms with Crippen molar-refractivity contribution in [3.8, 4) is 17.5 Å². The zero-order valence-corrected chi connectivity index (χ0v) is 10.9. The maximum absolute atomic E-state index is 13.6. The summed E-state index contributed by atoms with van der Waals surface area (Å²) in [4.78, 5) is 7.62. The van der Waals surface area contributed by atoms with Gasteiger partial charge in [0.1, 0.15) is 0 Å². The highest BCUT2D eigenvalue weighted by Crippen LogP contribution is 2.27. The number of hydrogen-bond donors (Lipinski definition) is 1. The molecule has 7 heteroatoms. The van der Waals surface area contributed by atoms with Gasteiger partial charge in [0.05, 0.1) is 13.2 Å². The number of hydrogen-bond acceptors (Lipinski definition) is 5. The van der Waals surface area contributed by atoms with Crippen LogP contribution in [0.15, 0.2) is 28.7 Å². The first kappa shape index (κ1) is 12.6. The van der Waals surface area contributed by atoms with Crippen LogP contribution >= 0.6 is 15.9 Å². The van der Waals surface area contributed by atoms with Gasteiger partial charge in [-0.1, -0.05) is 15.9 Å². The molecule has 0 radical (unpaired) electrons. The molecule has 1 aromatic heterocycles. The van der Waals surface area contributed by atoms with Crippen molar-refractivity contribution in [1.29, 1.82) is 0 Å². The van der Waals surface area contributed by atoms with Crippen LogP contribution in [0.3, 0.4) is 0 Å². The van der Waals surface area contributed by atoms with E-state index in [0.29, 0.717) is 4.47 Å². The van der Waals surface area contributed by atoms with Gasteiger partial charge in [-0.3, -0.25) is 0 Å². The maximum Gasteiger partial charge on any atom is 0.228 e. The Balaban J connectivity index is 2.30. The van der Waals surface area contributed by atoms with Crippen LogP contribution in [0, 0.1) is 5.82 Å². The minimum Gasteiger partial charge on any atom is -0.481 e. The molecule has 0 unspecified atom stereocenters. The number of benzene rings is 1. The summed E-state index contributed by atoms with van der Waals surface area (Å²) in [6.07, 6.45) is 0. The molecular weight excluding hydrogens is 305 g/mol. The van der Waals surface area contributed by atoms with Gasteiger partial charge in [0.2, 0.25) is 17.7 Å². The highest BCUT2D eigenvalue weighted by atomic mass is 79.9. The lowest BCUT2D eigenvalue weighted by atomic mass is 10.3. The van der Waals surface area contributed by atoms with Gasteiger partial charge in [0.25, 0.3) is 0 Å². The Hall–Kier alpha value is -1.89. The fourth-order valence-electron chi connectivity index (χ4n) is 1.25. The van der Waals surface area contributed by atoms with E-state index in [1.54, 1.807) is 6.07 Å². The molecule has 0 spiro atoms. The largest absolute Gasteiger partial charge is 0.481 e. The van der Waals surface area contributed by atoms with Gasteiger partial charge >= 0.3 is 0 Å². The van der Waals surface area contributed by atoms with Crippen LogP contribution in [0.25, 0.3) is 0 Å². The van der Waals surface area contributed by atoms with Crippen LogP contribution < -0.4 is 15.2 Å². The molecule has 0 atom stereocenters. The summed E-state index contributed by atoms with van der Waals surface area (Å²) in [5, 5.41) is 0. The third kappa shape index (κ3) is 2.86. The van der Waals surface area contributed by atoms with E-state index in [-0.39, 0.29) is 23.5 Å². The molecule has 0 bridgehead atoms. The zero-order chi connectivity index (χ0) is 13.1. The fourth-order valence-corrected chi connectivity index (χ4v) is 1.58. The Labute approximate surface area is 111 Å². The number of methoxy groups -OCH3 is 1. The van der Waals surface area contributed by atoms with Crippen LogP contribution in [0.1, 0.15) is 0 Å². The molecule has 94 valence electrons. The third-order valence-electron chi connectivity index (χ3n) is 2.01. The van der Waals surface area contributed by atoms with Gasteiger partial charge in [-0.15, -0.1) is 0 Å². The Morgan fingerprint density at radius 3 is 2.61 bits per heavy atom. The van der Waals surface area contributed by atoms with Gasteiger partial charge in [0, 0.05) is 4.47 Å². The second-order valence-corrected chi connectivity index (χ2v) is 4.20. The van der Waals surface area contributed by atoms with E-state index in [0.717, 1.165) is 0 Å². The van der Waals surface area contributed by atoms with Crippen LogP contribution in [0.4, 0.5) is 10.3 Å². The van der Waals surface area contributed by atoms with Gasteiger partial charge in [-0.25, -0.2) is 4.39 Å². The van der Waals surface area contributed by atoms with E-state index in [1.807, 2.05) is 0 Å². The molecule has 2 rings (SSSR count). The van der Waals surface area contributed by atoms with E-state index in [9.17, 15) is 4.39 Å². The lowest BCUT2D eigenvalue weighted by Gasteiger charge is -2.07. The first-order chi connectivity index (χ1) is 8.58. The van der Waals surface area contributed by atoms with Crippen LogP contribution in [-0.4, -0.2) is 17.1 Å². The summed E-state index contributed by atoms with van der Waals surface area (Å²) in [6.45, 7) is 0. The van der Waals surface area contributed by atoms with Crippen LogP contribution in [0.5, 0.6) is 17.5 Å². The molecule has 0 aliphatic rings. The Bertz CT molecular complexity index is 580. The van der Waals surface area contributed by atoms with Gasteiger partial charge < -0.3 is 15.2 Å². The van der Waals surface area contributed by atoms with Crippen molar-refractivity contribution in [2.75, 3.05) is 12.8 Å². The van der Waals surface area contributed by atoms with Crippen molar-refractivity contribution >= 4 is 21.9 Å². The average Bonchev–Trinajstić information content (AvgIpc) is 2.32. The van der Waals surface area contributed by atoms with Crippen molar-refractivity contribution in [3.05, 3.63) is 34.6 Å². The van der Waals surface area contributed by atoms with Crippen molar-refractivity contribution in [3.63, 3.8) is 0 Å². The van der Waals surface area contributed by atoms with Crippen LogP contribution in [-0.2, 0) is 0 Å². The summed E-state index contributed by atoms with van der Waals surface area (Å²) in [5.74, 6) is -0.128. The lowest BCUT2D eigenvalue weighted by Crippen LogP contribution is -2.00. The third-order valence-corrected chi connectivity index (χ3v) is 2.51. The Morgan fingerprint density at radius 2 is 1.94 bits per heavy atom. The molecule has 1 heterocycles. The van der Waals surface area contributed by atoms with E-state index in [4.69, 9.17) is 15.2 Å². The molecular formula is C11H9BrFN3O2. The second kappa shape index (κ2) is 5.18. The van der Waals surface area contributed by atoms with Crippen molar-refractivity contribution in [1.82, 2.24) is 9.97 Å². The normalized spacial score (nSPS) is 10.2. The molecule has 0 saturated heterocycles. The predicted molar refractivity (Wildman–Crippen MR) is 67.2 cm³/mol. The number of nitrogens with zero attached hydrogens (tertiary/aromatic N) is 2. The number of ether oxygens (including phenoxy) is 2. The number of nitrogens with two attached hydrogens (primary N) is 1. The SMILES string of the molecule is COc1cc(Oc2ccc(Br)cc2F)nc(N)n1. The lowest BCUT2D eigenvalue weighted by molar-refractivity contribution is 0.385. The van der Waals surface area contributed by atoms with Gasteiger partial charge in [-0.05, 0) is 18.2 Å². The summed E-state index contributed by atoms with van der Waals surface area (Å²) in [7, 11) is 1.44. The van der Waals surface area contributed by atoms with E-state index in [2.05, 4.69) is 25.9 Å². The average molecular weight is 314 g/mol. The summed E-state index contributed by atoms with van der Waals surface area (Å²) in [6, 6.07) is 5.83. The van der Waals surface area contributed by atoms with Gasteiger partial charge in [-0.2, -0.15) is 9.97 Å². The summed E-state index contributed by atoms with van der Waals surface area (Å²) in [5.41, 5.74) is 5.47. The molecule has 0 amide bonds. The predicted octanol–water partition coefficient (Wildman–Crippen LogP) is 2.76. The summed E-state index contributed by atoms with van der Waals surface area (Å²) >= 11 is 3.15. The van der Waals surface area contributed by atoms with E-state index in [1.165, 1.54) is 25.3 Å². The molecule has 1 aromatic carbocycles. The second-order valence-electron chi connectivity index (χ2n) is 3.28. The summed E-state index contributed by atoms with van der Waals surface area (Å²) < 4.78 is 24.4. The first-order valence-electron chi connectivity index (χ1n) is 4.90. The molecule has 0 saturated carbocycles. The maximum atomic E-state index is 13.6. The minimum absolute atomic E-state index is 0.0122. The number of aromatic nitrogens is 2. The molecule has 2 aromatic rings. The topological polar surface area (TPSA) is 70.3 Å². The first-order valence-corrected chi connectivity index (χ1v) is 5.69. The van der Waals surface area contributed by atoms with E-state index >= 15 is 0 Å². The zero-order valence-electron chi connectivity index (χ0n) is 9.35. The molecule has 2 N–H and O–H groups in total. The standard InChI is InChI=1S/C11H9BrFN3O2/c1-17-9-5-10(16-11(14)15-9)18-8-3-2-6(12)4-7(8)13/h2-5H,1H3,(H2,14,15,16). The monoisotopic (exact) mass is 313 g/mol. The number of nitrogen functional groups attached to an aromatic ring is 1. The number of rotatable bonds is 3. The van der Waals surface area contributed by atoms with Crippen molar-refractivity contribution in [2.45, 2.75) is 0 Å². The number of anilines is 1. The molecule has 0 aliphatic heterocycles. The quantitative estimate of drug-likeness (QED) is 0.943. The van der Waals surface area contributed by atoms with Crippen molar-refractivity contribution in [2.24, 2.45) is 0 Å². The smallest absolute Gasteiger partial charge is 0.228 e. The highest BCUT2D eigenvalue weighted by molar-refractivity contribution is 9.10. The fraction of sp³-hybridized carbons (Fsp3) is 0.0909. The number of halogens is 2. The van der Waals surface area contributed by atoms with Crippen LogP contribution in [0.2, 0.25) is 0 Å².